The molecule has 0 saturated carbocycles. The Morgan fingerprint density at radius 2 is 2.07 bits per heavy atom. The lowest BCUT2D eigenvalue weighted by atomic mass is 10.1. The Morgan fingerprint density at radius 1 is 1.33 bits per heavy atom. The largest absolute Gasteiger partial charge is 0.305 e. The summed E-state index contributed by atoms with van der Waals surface area (Å²) in [7, 11) is 0. The van der Waals surface area contributed by atoms with E-state index in [1.807, 2.05) is 0 Å². The molecule has 1 heterocycles. The summed E-state index contributed by atoms with van der Waals surface area (Å²) in [5.41, 5.74) is 0. The Hall–Kier alpha value is -0.900. The molecule has 0 bridgehead atoms. The topological polar surface area (TPSA) is 53.6 Å². The molecule has 86 valence electrons. The highest BCUT2D eigenvalue weighted by atomic mass is 15.2. The lowest BCUT2D eigenvalue weighted by molar-refractivity contribution is 0.440. The zero-order valence-electron chi connectivity index (χ0n) is 10.2. The number of rotatable bonds is 6. The fourth-order valence-corrected chi connectivity index (χ4v) is 1.68. The van der Waals surface area contributed by atoms with Gasteiger partial charge in [0.25, 0.3) is 0 Å². The summed E-state index contributed by atoms with van der Waals surface area (Å²) < 4.78 is 0. The quantitative estimate of drug-likeness (QED) is 0.757. The monoisotopic (exact) mass is 210 g/mol. The van der Waals surface area contributed by atoms with Gasteiger partial charge >= 0.3 is 0 Å². The van der Waals surface area contributed by atoms with Crippen LogP contribution in [0.5, 0.6) is 0 Å². The molecule has 2 unspecified atom stereocenters. The predicted octanol–water partition coefficient (Wildman–Crippen LogP) is 2.21. The van der Waals surface area contributed by atoms with Crippen LogP contribution >= 0.6 is 0 Å². The zero-order chi connectivity index (χ0) is 11.3. The lowest BCUT2D eigenvalue weighted by Crippen LogP contribution is -2.29. The number of aromatic amines is 1. The molecule has 0 spiro atoms. The Balaban J connectivity index is 2.49. The number of hydrogen-bond donors (Lipinski definition) is 2. The molecule has 0 fully saturated rings. The van der Waals surface area contributed by atoms with E-state index in [-0.39, 0.29) is 6.04 Å². The second kappa shape index (κ2) is 5.85. The van der Waals surface area contributed by atoms with E-state index in [0.29, 0.717) is 6.04 Å². The van der Waals surface area contributed by atoms with Crippen LogP contribution in [-0.2, 0) is 6.42 Å². The van der Waals surface area contributed by atoms with Crippen LogP contribution in [0, 0.1) is 0 Å². The van der Waals surface area contributed by atoms with Gasteiger partial charge in [-0.2, -0.15) is 5.10 Å². The first-order valence-corrected chi connectivity index (χ1v) is 5.84. The number of nitrogens with one attached hydrogen (secondary N) is 2. The average Bonchev–Trinajstić information content (AvgIpc) is 2.66. The van der Waals surface area contributed by atoms with E-state index in [4.69, 9.17) is 0 Å². The number of nitrogens with zero attached hydrogens (tertiary/aromatic N) is 2. The van der Waals surface area contributed by atoms with Crippen LogP contribution in [0.1, 0.15) is 58.2 Å². The van der Waals surface area contributed by atoms with Crippen molar-refractivity contribution in [1.82, 2.24) is 20.5 Å². The molecule has 15 heavy (non-hydrogen) atoms. The van der Waals surface area contributed by atoms with Crippen LogP contribution in [0.3, 0.4) is 0 Å². The maximum atomic E-state index is 4.41. The maximum Gasteiger partial charge on any atom is 0.167 e. The van der Waals surface area contributed by atoms with Gasteiger partial charge in [0.15, 0.2) is 5.82 Å². The molecule has 2 N–H and O–H groups in total. The third-order valence-electron chi connectivity index (χ3n) is 2.53. The van der Waals surface area contributed by atoms with Crippen molar-refractivity contribution in [3.63, 3.8) is 0 Å². The van der Waals surface area contributed by atoms with Crippen molar-refractivity contribution >= 4 is 0 Å². The molecule has 0 aromatic carbocycles. The highest BCUT2D eigenvalue weighted by Crippen LogP contribution is 2.09. The van der Waals surface area contributed by atoms with Crippen LogP contribution in [-0.4, -0.2) is 21.2 Å². The van der Waals surface area contributed by atoms with E-state index in [1.165, 1.54) is 12.8 Å². The van der Waals surface area contributed by atoms with Crippen LogP contribution in [0.4, 0.5) is 0 Å². The summed E-state index contributed by atoms with van der Waals surface area (Å²) in [6.45, 7) is 8.58. The maximum absolute atomic E-state index is 4.41. The van der Waals surface area contributed by atoms with E-state index in [9.17, 15) is 0 Å². The molecular weight excluding hydrogens is 188 g/mol. The van der Waals surface area contributed by atoms with Gasteiger partial charge in [0.1, 0.15) is 5.82 Å². The Kier molecular flexibility index (Phi) is 4.75. The van der Waals surface area contributed by atoms with Gasteiger partial charge < -0.3 is 5.32 Å². The Labute approximate surface area is 91.9 Å². The van der Waals surface area contributed by atoms with Gasteiger partial charge in [-0.3, -0.25) is 5.10 Å². The molecule has 1 aromatic rings. The van der Waals surface area contributed by atoms with Crippen LogP contribution < -0.4 is 5.32 Å². The molecule has 4 nitrogen and oxygen atoms in total. The van der Waals surface area contributed by atoms with Crippen molar-refractivity contribution in [2.24, 2.45) is 0 Å². The van der Waals surface area contributed by atoms with Crippen molar-refractivity contribution < 1.29 is 0 Å². The Bertz CT molecular complexity index is 282. The smallest absolute Gasteiger partial charge is 0.167 e. The number of aromatic nitrogens is 3. The van der Waals surface area contributed by atoms with Gasteiger partial charge in [-0.15, -0.1) is 0 Å². The molecular formula is C11H22N4. The minimum atomic E-state index is 0.225. The first kappa shape index (κ1) is 12.2. The van der Waals surface area contributed by atoms with E-state index in [0.717, 1.165) is 18.1 Å². The second-order valence-corrected chi connectivity index (χ2v) is 4.07. The van der Waals surface area contributed by atoms with Crippen molar-refractivity contribution in [2.75, 3.05) is 0 Å². The summed E-state index contributed by atoms with van der Waals surface area (Å²) in [4.78, 5) is 4.41. The summed E-state index contributed by atoms with van der Waals surface area (Å²) in [5.74, 6) is 1.83. The van der Waals surface area contributed by atoms with E-state index < -0.39 is 0 Å². The van der Waals surface area contributed by atoms with Crippen molar-refractivity contribution in [1.29, 1.82) is 0 Å². The highest BCUT2D eigenvalue weighted by molar-refractivity contribution is 4.95. The fraction of sp³-hybridized carbons (Fsp3) is 0.818. The van der Waals surface area contributed by atoms with E-state index in [1.54, 1.807) is 0 Å². The second-order valence-electron chi connectivity index (χ2n) is 4.07. The molecule has 1 aromatic heterocycles. The zero-order valence-corrected chi connectivity index (χ0v) is 10.2. The molecule has 0 amide bonds. The summed E-state index contributed by atoms with van der Waals surface area (Å²) in [5, 5.41) is 10.6. The number of H-pyrrole nitrogens is 1. The van der Waals surface area contributed by atoms with Crippen LogP contribution in [0.15, 0.2) is 0 Å². The standard InChI is InChI=1S/C11H22N4/c1-5-7-8(3)12-9(4)11-13-10(6-2)14-15-11/h8-9,12H,5-7H2,1-4H3,(H,13,14,15). The van der Waals surface area contributed by atoms with Gasteiger partial charge in [-0.05, 0) is 20.3 Å². The van der Waals surface area contributed by atoms with Gasteiger partial charge in [0, 0.05) is 12.5 Å². The van der Waals surface area contributed by atoms with Gasteiger partial charge in [-0.1, -0.05) is 20.3 Å². The van der Waals surface area contributed by atoms with Crippen LogP contribution in [0.2, 0.25) is 0 Å². The van der Waals surface area contributed by atoms with Gasteiger partial charge in [-0.25, -0.2) is 4.98 Å². The summed E-state index contributed by atoms with van der Waals surface area (Å²) in [6, 6.07) is 0.747. The number of aryl methyl sites for hydroxylation is 1. The third kappa shape index (κ3) is 3.63. The molecule has 1 rings (SSSR count). The average molecular weight is 210 g/mol. The highest BCUT2D eigenvalue weighted by Gasteiger charge is 2.12. The molecule has 4 heteroatoms. The predicted molar refractivity (Wildman–Crippen MR) is 61.7 cm³/mol. The van der Waals surface area contributed by atoms with E-state index in [2.05, 4.69) is 48.2 Å². The molecule has 0 aliphatic rings. The molecule has 0 radical (unpaired) electrons. The number of hydrogen-bond acceptors (Lipinski definition) is 3. The minimum Gasteiger partial charge on any atom is -0.305 e. The van der Waals surface area contributed by atoms with Gasteiger partial charge in [0.2, 0.25) is 0 Å². The third-order valence-corrected chi connectivity index (χ3v) is 2.53. The van der Waals surface area contributed by atoms with Crippen molar-refractivity contribution in [3.8, 4) is 0 Å². The fourth-order valence-electron chi connectivity index (χ4n) is 1.68. The van der Waals surface area contributed by atoms with E-state index >= 15 is 0 Å². The first-order valence-electron chi connectivity index (χ1n) is 5.84. The Morgan fingerprint density at radius 3 is 2.60 bits per heavy atom. The van der Waals surface area contributed by atoms with Crippen molar-refractivity contribution in [2.45, 2.75) is 59.0 Å². The van der Waals surface area contributed by atoms with Crippen molar-refractivity contribution in [3.05, 3.63) is 11.6 Å². The first-order chi connectivity index (χ1) is 7.17. The lowest BCUT2D eigenvalue weighted by Gasteiger charge is -2.16. The van der Waals surface area contributed by atoms with Crippen LogP contribution in [0.25, 0.3) is 0 Å². The van der Waals surface area contributed by atoms with Gasteiger partial charge in [0.05, 0.1) is 6.04 Å². The molecule has 0 saturated heterocycles. The minimum absolute atomic E-state index is 0.225. The molecule has 0 aliphatic heterocycles. The molecule has 2 atom stereocenters. The SMILES string of the molecule is CCCC(C)NC(C)c1n[nH]c(CC)n1. The normalized spacial score (nSPS) is 15.2. The summed E-state index contributed by atoms with van der Waals surface area (Å²) >= 11 is 0. The summed E-state index contributed by atoms with van der Waals surface area (Å²) in [6.07, 6.45) is 3.30. The molecule has 0 aliphatic carbocycles.